The number of amides is 1. The summed E-state index contributed by atoms with van der Waals surface area (Å²) in [6, 6.07) is -0.0351. The summed E-state index contributed by atoms with van der Waals surface area (Å²) >= 11 is 0. The van der Waals surface area contributed by atoms with Crippen LogP contribution in [-0.2, 0) is 4.79 Å². The molecule has 1 amide bonds. The van der Waals surface area contributed by atoms with Crippen molar-refractivity contribution in [2.45, 2.75) is 52.0 Å². The van der Waals surface area contributed by atoms with Gasteiger partial charge in [0.25, 0.3) is 0 Å². The lowest BCUT2D eigenvalue weighted by atomic mass is 9.90. The van der Waals surface area contributed by atoms with Crippen LogP contribution in [0.4, 0.5) is 0 Å². The third-order valence-electron chi connectivity index (χ3n) is 3.85. The minimum absolute atomic E-state index is 0.0351. The number of piperidine rings is 1. The van der Waals surface area contributed by atoms with Crippen molar-refractivity contribution in [2.75, 3.05) is 26.2 Å². The fourth-order valence-corrected chi connectivity index (χ4v) is 2.58. The molecule has 2 N–H and O–H groups in total. The Bertz CT molecular complexity index is 240. The minimum Gasteiger partial charge on any atom is -0.395 e. The van der Waals surface area contributed by atoms with Gasteiger partial charge in [-0.15, -0.1) is 0 Å². The van der Waals surface area contributed by atoms with Crippen molar-refractivity contribution in [3.05, 3.63) is 0 Å². The SMILES string of the molecule is CCCCN(CCO)C(=O)C1CC(CC)CCN1. The Morgan fingerprint density at radius 3 is 2.78 bits per heavy atom. The highest BCUT2D eigenvalue weighted by Gasteiger charge is 2.28. The average Bonchev–Trinajstić information content (AvgIpc) is 2.42. The van der Waals surface area contributed by atoms with E-state index in [9.17, 15) is 4.79 Å². The van der Waals surface area contributed by atoms with Gasteiger partial charge in [-0.1, -0.05) is 26.7 Å². The second-order valence-electron chi connectivity index (χ2n) is 5.21. The number of aliphatic hydroxyl groups excluding tert-OH is 1. The number of carbonyl (C=O) groups excluding carboxylic acids is 1. The highest BCUT2D eigenvalue weighted by atomic mass is 16.3. The summed E-state index contributed by atoms with van der Waals surface area (Å²) in [4.78, 5) is 14.2. The molecule has 1 aliphatic rings. The monoisotopic (exact) mass is 256 g/mol. The van der Waals surface area contributed by atoms with Crippen molar-refractivity contribution in [1.82, 2.24) is 10.2 Å². The molecule has 1 rings (SSSR count). The van der Waals surface area contributed by atoms with Gasteiger partial charge in [0.05, 0.1) is 12.6 Å². The summed E-state index contributed by atoms with van der Waals surface area (Å²) in [5, 5.41) is 12.4. The Balaban J connectivity index is 2.52. The molecule has 0 aromatic heterocycles. The maximum absolute atomic E-state index is 12.4. The lowest BCUT2D eigenvalue weighted by Gasteiger charge is -2.33. The molecular formula is C14H28N2O2. The number of unbranched alkanes of at least 4 members (excludes halogenated alkanes) is 1. The third kappa shape index (κ3) is 4.58. The van der Waals surface area contributed by atoms with Crippen LogP contribution < -0.4 is 5.32 Å². The van der Waals surface area contributed by atoms with E-state index in [0.717, 1.165) is 38.8 Å². The molecule has 0 saturated carbocycles. The van der Waals surface area contributed by atoms with Crippen LogP contribution in [0.3, 0.4) is 0 Å². The minimum atomic E-state index is -0.0351. The van der Waals surface area contributed by atoms with Crippen LogP contribution in [-0.4, -0.2) is 48.2 Å². The van der Waals surface area contributed by atoms with Crippen LogP contribution in [0, 0.1) is 5.92 Å². The molecule has 1 saturated heterocycles. The normalized spacial score (nSPS) is 23.9. The van der Waals surface area contributed by atoms with Crippen LogP contribution in [0.2, 0.25) is 0 Å². The summed E-state index contributed by atoms with van der Waals surface area (Å²) in [7, 11) is 0. The van der Waals surface area contributed by atoms with Gasteiger partial charge in [-0.05, 0) is 31.7 Å². The van der Waals surface area contributed by atoms with Crippen LogP contribution in [0.1, 0.15) is 46.0 Å². The fourth-order valence-electron chi connectivity index (χ4n) is 2.58. The molecule has 18 heavy (non-hydrogen) atoms. The van der Waals surface area contributed by atoms with Crippen LogP contribution in [0.15, 0.2) is 0 Å². The molecule has 106 valence electrons. The number of rotatable bonds is 7. The van der Waals surface area contributed by atoms with E-state index in [1.165, 1.54) is 6.42 Å². The van der Waals surface area contributed by atoms with Crippen molar-refractivity contribution >= 4 is 5.91 Å². The van der Waals surface area contributed by atoms with Gasteiger partial charge in [0.2, 0.25) is 5.91 Å². The van der Waals surface area contributed by atoms with E-state index in [-0.39, 0.29) is 18.6 Å². The molecule has 1 heterocycles. The lowest BCUT2D eigenvalue weighted by molar-refractivity contribution is -0.135. The Labute approximate surface area is 111 Å². The van der Waals surface area contributed by atoms with E-state index in [2.05, 4.69) is 19.2 Å². The van der Waals surface area contributed by atoms with Crippen LogP contribution in [0.25, 0.3) is 0 Å². The van der Waals surface area contributed by atoms with Gasteiger partial charge in [0.1, 0.15) is 0 Å². The second-order valence-corrected chi connectivity index (χ2v) is 5.21. The van der Waals surface area contributed by atoms with Crippen molar-refractivity contribution in [2.24, 2.45) is 5.92 Å². The highest BCUT2D eigenvalue weighted by molar-refractivity contribution is 5.82. The predicted octanol–water partition coefficient (Wildman–Crippen LogP) is 1.39. The fraction of sp³-hybridized carbons (Fsp3) is 0.929. The molecule has 1 fully saturated rings. The van der Waals surface area contributed by atoms with Crippen molar-refractivity contribution < 1.29 is 9.90 Å². The van der Waals surface area contributed by atoms with Gasteiger partial charge >= 0.3 is 0 Å². The molecule has 0 aliphatic carbocycles. The van der Waals surface area contributed by atoms with E-state index in [1.807, 2.05) is 4.90 Å². The Hall–Kier alpha value is -0.610. The van der Waals surface area contributed by atoms with Crippen molar-refractivity contribution in [3.63, 3.8) is 0 Å². The van der Waals surface area contributed by atoms with E-state index in [4.69, 9.17) is 5.11 Å². The van der Waals surface area contributed by atoms with Crippen LogP contribution >= 0.6 is 0 Å². The van der Waals surface area contributed by atoms with Gasteiger partial charge < -0.3 is 15.3 Å². The smallest absolute Gasteiger partial charge is 0.239 e. The second kappa shape index (κ2) is 8.48. The first-order valence-corrected chi connectivity index (χ1v) is 7.35. The molecule has 4 nitrogen and oxygen atoms in total. The topological polar surface area (TPSA) is 52.6 Å². The van der Waals surface area contributed by atoms with Gasteiger partial charge in [0, 0.05) is 13.1 Å². The summed E-state index contributed by atoms with van der Waals surface area (Å²) in [6.07, 6.45) is 5.36. The lowest BCUT2D eigenvalue weighted by Crippen LogP contribution is -2.51. The number of carbonyl (C=O) groups is 1. The molecule has 0 radical (unpaired) electrons. The molecule has 1 aliphatic heterocycles. The van der Waals surface area contributed by atoms with Crippen molar-refractivity contribution in [3.8, 4) is 0 Å². The van der Waals surface area contributed by atoms with Gasteiger partial charge in [0.15, 0.2) is 0 Å². The van der Waals surface area contributed by atoms with E-state index < -0.39 is 0 Å². The quantitative estimate of drug-likeness (QED) is 0.723. The first-order chi connectivity index (χ1) is 8.72. The Morgan fingerprint density at radius 1 is 1.39 bits per heavy atom. The molecule has 2 atom stereocenters. The van der Waals surface area contributed by atoms with Crippen molar-refractivity contribution in [1.29, 1.82) is 0 Å². The van der Waals surface area contributed by atoms with Gasteiger partial charge in [-0.25, -0.2) is 0 Å². The number of hydrogen-bond donors (Lipinski definition) is 2. The van der Waals surface area contributed by atoms with Crippen LogP contribution in [0.5, 0.6) is 0 Å². The average molecular weight is 256 g/mol. The molecule has 4 heteroatoms. The van der Waals surface area contributed by atoms with E-state index in [1.54, 1.807) is 0 Å². The molecule has 2 unspecified atom stereocenters. The number of nitrogens with zero attached hydrogens (tertiary/aromatic N) is 1. The first kappa shape index (κ1) is 15.4. The van der Waals surface area contributed by atoms with E-state index in [0.29, 0.717) is 12.5 Å². The summed E-state index contributed by atoms with van der Waals surface area (Å²) in [5.74, 6) is 0.845. The number of nitrogens with one attached hydrogen (secondary N) is 1. The predicted molar refractivity (Wildman–Crippen MR) is 73.4 cm³/mol. The maximum Gasteiger partial charge on any atom is 0.239 e. The zero-order chi connectivity index (χ0) is 13.4. The van der Waals surface area contributed by atoms with Gasteiger partial charge in [-0.2, -0.15) is 0 Å². The van der Waals surface area contributed by atoms with E-state index >= 15 is 0 Å². The zero-order valence-electron chi connectivity index (χ0n) is 11.8. The molecule has 0 bridgehead atoms. The maximum atomic E-state index is 12.4. The number of aliphatic hydroxyl groups is 1. The number of hydrogen-bond acceptors (Lipinski definition) is 3. The third-order valence-corrected chi connectivity index (χ3v) is 3.85. The molecule has 0 aromatic rings. The molecule has 0 aromatic carbocycles. The highest BCUT2D eigenvalue weighted by Crippen LogP contribution is 2.20. The first-order valence-electron chi connectivity index (χ1n) is 7.35. The molecule has 0 spiro atoms. The summed E-state index contributed by atoms with van der Waals surface area (Å²) in [6.45, 7) is 6.54. The Kier molecular flexibility index (Phi) is 7.28. The summed E-state index contributed by atoms with van der Waals surface area (Å²) < 4.78 is 0. The molecular weight excluding hydrogens is 228 g/mol. The largest absolute Gasteiger partial charge is 0.395 e. The zero-order valence-corrected chi connectivity index (χ0v) is 11.8. The standard InChI is InChI=1S/C14H28N2O2/c1-3-5-8-16(9-10-17)14(18)13-11-12(4-2)6-7-15-13/h12-13,15,17H,3-11H2,1-2H3. The van der Waals surface area contributed by atoms with Gasteiger partial charge in [-0.3, -0.25) is 4.79 Å². The summed E-state index contributed by atoms with van der Waals surface area (Å²) in [5.41, 5.74) is 0. The Morgan fingerprint density at radius 2 is 2.17 bits per heavy atom.